The van der Waals surface area contributed by atoms with Crippen LogP contribution in [0.4, 0.5) is 10.1 Å². The Balaban J connectivity index is 2.25. The van der Waals surface area contributed by atoms with Gasteiger partial charge in [-0.1, -0.05) is 6.07 Å². The molecule has 1 atom stereocenters. The summed E-state index contributed by atoms with van der Waals surface area (Å²) in [6.07, 6.45) is 3.86. The summed E-state index contributed by atoms with van der Waals surface area (Å²) in [6.45, 7) is 2.55. The Morgan fingerprint density at radius 3 is 2.79 bits per heavy atom. The molecule has 3 nitrogen and oxygen atoms in total. The number of hydrogen-bond donors (Lipinski definition) is 1. The maximum atomic E-state index is 13.9. The molecule has 2 rings (SSSR count). The second kappa shape index (κ2) is 5.89. The van der Waals surface area contributed by atoms with E-state index in [2.05, 4.69) is 0 Å². The van der Waals surface area contributed by atoms with E-state index in [4.69, 9.17) is 10.2 Å². The molecule has 0 spiro atoms. The van der Waals surface area contributed by atoms with Gasteiger partial charge in [0.25, 0.3) is 0 Å². The predicted octanol–water partition coefficient (Wildman–Crippen LogP) is 2.94. The van der Waals surface area contributed by atoms with Crippen LogP contribution in [0.15, 0.2) is 41.2 Å². The number of halogens is 1. The maximum Gasteiger partial charge on any atom is 0.128 e. The van der Waals surface area contributed by atoms with Crippen LogP contribution in [0.2, 0.25) is 0 Å². The molecule has 0 amide bonds. The lowest BCUT2D eigenvalue weighted by Crippen LogP contribution is -2.23. The first-order valence-electron chi connectivity index (χ1n) is 6.33. The second-order valence-electron chi connectivity index (χ2n) is 4.91. The molecule has 0 fully saturated rings. The Morgan fingerprint density at radius 2 is 2.16 bits per heavy atom. The van der Waals surface area contributed by atoms with Gasteiger partial charge in [-0.05, 0) is 31.5 Å². The third kappa shape index (κ3) is 3.35. The highest BCUT2D eigenvalue weighted by Gasteiger charge is 2.14. The lowest BCUT2D eigenvalue weighted by molar-refractivity contribution is 0.563. The maximum absolute atomic E-state index is 13.9. The molecule has 19 heavy (non-hydrogen) atoms. The van der Waals surface area contributed by atoms with Crippen molar-refractivity contribution in [3.8, 4) is 0 Å². The minimum atomic E-state index is -0.200. The number of benzene rings is 1. The molecule has 0 aliphatic carbocycles. The molecule has 0 bridgehead atoms. The van der Waals surface area contributed by atoms with Crippen LogP contribution in [-0.2, 0) is 13.0 Å². The quantitative estimate of drug-likeness (QED) is 0.900. The van der Waals surface area contributed by atoms with Crippen molar-refractivity contribution in [3.05, 3.63) is 53.7 Å². The second-order valence-corrected chi connectivity index (χ2v) is 4.91. The van der Waals surface area contributed by atoms with Crippen LogP contribution >= 0.6 is 0 Å². The first kappa shape index (κ1) is 13.6. The zero-order valence-corrected chi connectivity index (χ0v) is 11.3. The van der Waals surface area contributed by atoms with E-state index in [0.717, 1.165) is 11.3 Å². The number of furan rings is 1. The Hall–Kier alpha value is -1.81. The van der Waals surface area contributed by atoms with Crippen molar-refractivity contribution >= 4 is 5.69 Å². The summed E-state index contributed by atoms with van der Waals surface area (Å²) in [4.78, 5) is 2.01. The van der Waals surface area contributed by atoms with Gasteiger partial charge in [0.05, 0.1) is 12.5 Å². The average Bonchev–Trinajstić information content (AvgIpc) is 2.84. The van der Waals surface area contributed by atoms with E-state index in [-0.39, 0.29) is 11.9 Å². The van der Waals surface area contributed by atoms with E-state index < -0.39 is 0 Å². The van der Waals surface area contributed by atoms with Crippen molar-refractivity contribution in [3.63, 3.8) is 0 Å². The highest BCUT2D eigenvalue weighted by molar-refractivity contribution is 5.54. The molecule has 102 valence electrons. The minimum Gasteiger partial charge on any atom is -0.472 e. The topological polar surface area (TPSA) is 42.4 Å². The van der Waals surface area contributed by atoms with Crippen molar-refractivity contribution in [2.45, 2.75) is 25.9 Å². The molecule has 1 heterocycles. The summed E-state index contributed by atoms with van der Waals surface area (Å²) in [7, 11) is 1.94. The summed E-state index contributed by atoms with van der Waals surface area (Å²) < 4.78 is 19.0. The van der Waals surface area contributed by atoms with Crippen LogP contribution < -0.4 is 10.6 Å². The molecule has 2 aromatic rings. The number of nitrogens with two attached hydrogens (primary N) is 1. The van der Waals surface area contributed by atoms with E-state index in [0.29, 0.717) is 18.5 Å². The van der Waals surface area contributed by atoms with Crippen molar-refractivity contribution in [2.75, 3.05) is 11.9 Å². The summed E-state index contributed by atoms with van der Waals surface area (Å²) in [5, 5.41) is 0. The summed E-state index contributed by atoms with van der Waals surface area (Å²) in [5.74, 6) is -0.200. The first-order valence-corrected chi connectivity index (χ1v) is 6.33. The van der Waals surface area contributed by atoms with Gasteiger partial charge in [0.15, 0.2) is 0 Å². The monoisotopic (exact) mass is 262 g/mol. The third-order valence-electron chi connectivity index (χ3n) is 3.03. The fourth-order valence-electron chi connectivity index (χ4n) is 2.17. The normalized spacial score (nSPS) is 12.4. The van der Waals surface area contributed by atoms with Crippen molar-refractivity contribution in [2.24, 2.45) is 5.73 Å². The van der Waals surface area contributed by atoms with Gasteiger partial charge < -0.3 is 15.1 Å². The van der Waals surface area contributed by atoms with E-state index in [1.807, 2.05) is 31.0 Å². The number of rotatable bonds is 5. The SMILES string of the molecule is CC(N)Cc1c(F)cccc1N(C)Cc1ccoc1. The van der Waals surface area contributed by atoms with Crippen LogP contribution in [-0.4, -0.2) is 13.1 Å². The van der Waals surface area contributed by atoms with Gasteiger partial charge in [-0.25, -0.2) is 4.39 Å². The molecule has 0 saturated heterocycles. The molecule has 0 saturated carbocycles. The Labute approximate surface area is 112 Å². The van der Waals surface area contributed by atoms with Gasteiger partial charge in [0, 0.05) is 36.4 Å². The summed E-state index contributed by atoms with van der Waals surface area (Å²) in [5.41, 5.74) is 8.40. The Morgan fingerprint density at radius 1 is 1.37 bits per heavy atom. The summed E-state index contributed by atoms with van der Waals surface area (Å²) >= 11 is 0. The van der Waals surface area contributed by atoms with E-state index in [1.54, 1.807) is 18.6 Å². The fraction of sp³-hybridized carbons (Fsp3) is 0.333. The molecule has 0 aliphatic heterocycles. The van der Waals surface area contributed by atoms with Crippen LogP contribution in [0.3, 0.4) is 0 Å². The molecule has 1 unspecified atom stereocenters. The van der Waals surface area contributed by atoms with Gasteiger partial charge >= 0.3 is 0 Å². The van der Waals surface area contributed by atoms with Crippen LogP contribution in [0.1, 0.15) is 18.1 Å². The predicted molar refractivity (Wildman–Crippen MR) is 74.6 cm³/mol. The summed E-state index contributed by atoms with van der Waals surface area (Å²) in [6, 6.07) is 6.95. The molecular formula is C15H19FN2O. The highest BCUT2D eigenvalue weighted by atomic mass is 19.1. The zero-order valence-electron chi connectivity index (χ0n) is 11.3. The van der Waals surface area contributed by atoms with Crippen LogP contribution in [0, 0.1) is 5.82 Å². The van der Waals surface area contributed by atoms with Gasteiger partial charge in [0.1, 0.15) is 5.82 Å². The van der Waals surface area contributed by atoms with Crippen LogP contribution in [0.5, 0.6) is 0 Å². The molecule has 2 N–H and O–H groups in total. The van der Waals surface area contributed by atoms with Gasteiger partial charge in [-0.15, -0.1) is 0 Å². The largest absolute Gasteiger partial charge is 0.472 e. The minimum absolute atomic E-state index is 0.0713. The van der Waals surface area contributed by atoms with Crippen molar-refractivity contribution in [1.29, 1.82) is 0 Å². The lowest BCUT2D eigenvalue weighted by Gasteiger charge is -2.23. The molecule has 0 radical (unpaired) electrons. The van der Waals surface area contributed by atoms with Gasteiger partial charge in [-0.2, -0.15) is 0 Å². The van der Waals surface area contributed by atoms with E-state index in [1.165, 1.54) is 6.07 Å². The average molecular weight is 262 g/mol. The van der Waals surface area contributed by atoms with Crippen LogP contribution in [0.25, 0.3) is 0 Å². The Bertz CT molecular complexity index is 523. The van der Waals surface area contributed by atoms with Gasteiger partial charge in [-0.3, -0.25) is 0 Å². The van der Waals surface area contributed by atoms with Gasteiger partial charge in [0.2, 0.25) is 0 Å². The Kier molecular flexibility index (Phi) is 4.22. The third-order valence-corrected chi connectivity index (χ3v) is 3.03. The highest BCUT2D eigenvalue weighted by Crippen LogP contribution is 2.25. The van der Waals surface area contributed by atoms with E-state index in [9.17, 15) is 4.39 Å². The zero-order chi connectivity index (χ0) is 13.8. The standard InChI is InChI=1S/C15H19FN2O/c1-11(17)8-13-14(16)4-3-5-15(13)18(2)9-12-6-7-19-10-12/h3-7,10-11H,8-9,17H2,1-2H3. The fourth-order valence-corrected chi connectivity index (χ4v) is 2.17. The molecule has 1 aromatic heterocycles. The lowest BCUT2D eigenvalue weighted by atomic mass is 10.0. The molecule has 4 heteroatoms. The molecule has 1 aromatic carbocycles. The number of hydrogen-bond acceptors (Lipinski definition) is 3. The first-order chi connectivity index (χ1) is 9.08. The van der Waals surface area contributed by atoms with Crippen molar-refractivity contribution < 1.29 is 8.81 Å². The molecule has 0 aliphatic rings. The number of anilines is 1. The molecular weight excluding hydrogens is 243 g/mol. The number of nitrogens with zero attached hydrogens (tertiary/aromatic N) is 1. The smallest absolute Gasteiger partial charge is 0.128 e. The van der Waals surface area contributed by atoms with Crippen molar-refractivity contribution in [1.82, 2.24) is 0 Å². The van der Waals surface area contributed by atoms with E-state index >= 15 is 0 Å².